The Hall–Kier alpha value is -1.09. The molecule has 0 bridgehead atoms. The molecule has 0 saturated heterocycles. The first kappa shape index (κ1) is 18.9. The van der Waals surface area contributed by atoms with Crippen molar-refractivity contribution in [3.05, 3.63) is 23.5 Å². The SMILES string of the molecule is CCn1cc(/C=C2/C[C@H]3[C@@H]4CC[C@H]5CCCC[C@]5(C)[C@H]4CC[C@]3(C)[C@@H]2O)cn1. The molecule has 28 heavy (non-hydrogen) atoms. The zero-order valence-electron chi connectivity index (χ0n) is 18.0. The highest BCUT2D eigenvalue weighted by Crippen LogP contribution is 2.67. The highest BCUT2D eigenvalue weighted by molar-refractivity contribution is 5.54. The van der Waals surface area contributed by atoms with Crippen LogP contribution >= 0.6 is 0 Å². The summed E-state index contributed by atoms with van der Waals surface area (Å²) >= 11 is 0. The molecule has 7 atom stereocenters. The van der Waals surface area contributed by atoms with Gasteiger partial charge in [0.15, 0.2) is 0 Å². The Kier molecular flexibility index (Phi) is 4.54. The van der Waals surface area contributed by atoms with Crippen molar-refractivity contribution in [2.75, 3.05) is 0 Å². The van der Waals surface area contributed by atoms with Crippen molar-refractivity contribution in [3.8, 4) is 0 Å². The zero-order valence-corrected chi connectivity index (χ0v) is 18.0. The molecule has 0 aliphatic heterocycles. The number of aromatic nitrogens is 2. The third-order valence-electron chi connectivity index (χ3n) is 9.78. The van der Waals surface area contributed by atoms with E-state index in [4.69, 9.17) is 0 Å². The van der Waals surface area contributed by atoms with Gasteiger partial charge in [0.05, 0.1) is 12.3 Å². The summed E-state index contributed by atoms with van der Waals surface area (Å²) in [5.74, 6) is 3.33. The predicted molar refractivity (Wildman–Crippen MR) is 114 cm³/mol. The Bertz CT molecular complexity index is 766. The van der Waals surface area contributed by atoms with Crippen LogP contribution in [0.2, 0.25) is 0 Å². The van der Waals surface area contributed by atoms with Gasteiger partial charge < -0.3 is 5.11 Å². The minimum absolute atomic E-state index is 0.0750. The topological polar surface area (TPSA) is 38.0 Å². The fourth-order valence-corrected chi connectivity index (χ4v) is 8.14. The van der Waals surface area contributed by atoms with Gasteiger partial charge in [0.2, 0.25) is 0 Å². The third-order valence-corrected chi connectivity index (χ3v) is 9.78. The van der Waals surface area contributed by atoms with Crippen molar-refractivity contribution >= 4 is 6.08 Å². The number of fused-ring (bicyclic) bond motifs is 5. The summed E-state index contributed by atoms with van der Waals surface area (Å²) in [5.41, 5.74) is 3.06. The first-order valence-corrected chi connectivity index (χ1v) is 11.9. The summed E-state index contributed by atoms with van der Waals surface area (Å²) in [6.07, 6.45) is 18.3. The number of hydrogen-bond acceptors (Lipinski definition) is 2. The average molecular weight is 383 g/mol. The van der Waals surface area contributed by atoms with Crippen LogP contribution in [0.1, 0.15) is 84.1 Å². The second-order valence-corrected chi connectivity index (χ2v) is 10.9. The van der Waals surface area contributed by atoms with E-state index in [1.165, 1.54) is 56.9 Å². The minimum atomic E-state index is -0.277. The Morgan fingerprint density at radius 1 is 1.11 bits per heavy atom. The molecule has 5 rings (SSSR count). The van der Waals surface area contributed by atoms with Gasteiger partial charge in [-0.25, -0.2) is 0 Å². The predicted octanol–water partition coefficient (Wildman–Crippen LogP) is 5.69. The monoisotopic (exact) mass is 382 g/mol. The maximum atomic E-state index is 11.4. The molecule has 1 aromatic heterocycles. The number of nitrogens with zero attached hydrogens (tertiary/aromatic N) is 2. The lowest BCUT2D eigenvalue weighted by molar-refractivity contribution is -0.119. The van der Waals surface area contributed by atoms with Gasteiger partial charge in [-0.05, 0) is 86.5 Å². The maximum Gasteiger partial charge on any atom is 0.0809 e. The van der Waals surface area contributed by atoms with Gasteiger partial charge in [-0.3, -0.25) is 4.68 Å². The van der Waals surface area contributed by atoms with Gasteiger partial charge in [-0.2, -0.15) is 5.10 Å². The Morgan fingerprint density at radius 2 is 1.96 bits per heavy atom. The summed E-state index contributed by atoms with van der Waals surface area (Å²) in [5, 5.41) is 15.8. The van der Waals surface area contributed by atoms with Crippen molar-refractivity contribution in [1.29, 1.82) is 0 Å². The lowest BCUT2D eigenvalue weighted by atomic mass is 9.45. The van der Waals surface area contributed by atoms with E-state index in [1.807, 2.05) is 10.9 Å². The molecule has 0 spiro atoms. The van der Waals surface area contributed by atoms with Crippen LogP contribution in [-0.4, -0.2) is 21.0 Å². The number of hydrogen-bond donors (Lipinski definition) is 1. The molecule has 1 N–H and O–H groups in total. The van der Waals surface area contributed by atoms with E-state index in [1.54, 1.807) is 0 Å². The summed E-state index contributed by atoms with van der Waals surface area (Å²) in [6.45, 7) is 8.05. The highest BCUT2D eigenvalue weighted by Gasteiger charge is 2.60. The first-order valence-electron chi connectivity index (χ1n) is 11.9. The smallest absolute Gasteiger partial charge is 0.0809 e. The molecule has 0 amide bonds. The summed E-state index contributed by atoms with van der Waals surface area (Å²) in [7, 11) is 0. The molecular weight excluding hydrogens is 344 g/mol. The van der Waals surface area contributed by atoms with Crippen LogP contribution in [0, 0.1) is 34.5 Å². The van der Waals surface area contributed by atoms with Crippen molar-refractivity contribution in [2.24, 2.45) is 34.5 Å². The molecule has 4 saturated carbocycles. The summed E-state index contributed by atoms with van der Waals surface area (Å²) in [4.78, 5) is 0. The van der Waals surface area contributed by atoms with Crippen LogP contribution in [-0.2, 0) is 6.54 Å². The molecule has 1 heterocycles. The van der Waals surface area contributed by atoms with Crippen LogP contribution in [0.15, 0.2) is 18.0 Å². The van der Waals surface area contributed by atoms with Crippen LogP contribution in [0.4, 0.5) is 0 Å². The van der Waals surface area contributed by atoms with E-state index in [2.05, 4.69) is 38.1 Å². The largest absolute Gasteiger partial charge is 0.388 e. The van der Waals surface area contributed by atoms with Gasteiger partial charge >= 0.3 is 0 Å². The molecular formula is C25H38N2O. The zero-order chi connectivity index (χ0) is 19.5. The van der Waals surface area contributed by atoms with Crippen LogP contribution < -0.4 is 0 Å². The number of rotatable bonds is 2. The lowest BCUT2D eigenvalue weighted by Crippen LogP contribution is -2.53. The molecule has 4 aliphatic carbocycles. The van der Waals surface area contributed by atoms with E-state index in [-0.39, 0.29) is 11.5 Å². The maximum absolute atomic E-state index is 11.4. The first-order chi connectivity index (χ1) is 13.5. The van der Waals surface area contributed by atoms with E-state index in [0.29, 0.717) is 11.3 Å². The van der Waals surface area contributed by atoms with Crippen molar-refractivity contribution in [3.63, 3.8) is 0 Å². The Labute approximate surface area is 170 Å². The second-order valence-electron chi connectivity index (χ2n) is 10.9. The normalized spacial score (nSPS) is 46.9. The molecule has 0 aromatic carbocycles. The van der Waals surface area contributed by atoms with Gasteiger partial charge in [0.1, 0.15) is 0 Å². The molecule has 4 aliphatic rings. The molecule has 0 radical (unpaired) electrons. The van der Waals surface area contributed by atoms with Crippen molar-refractivity contribution < 1.29 is 5.11 Å². The minimum Gasteiger partial charge on any atom is -0.388 e. The average Bonchev–Trinajstić information content (AvgIpc) is 3.25. The van der Waals surface area contributed by atoms with Crippen molar-refractivity contribution in [1.82, 2.24) is 9.78 Å². The lowest BCUT2D eigenvalue weighted by Gasteiger charge is -2.60. The Morgan fingerprint density at radius 3 is 2.75 bits per heavy atom. The van der Waals surface area contributed by atoms with E-state index in [0.717, 1.165) is 36.3 Å². The van der Waals surface area contributed by atoms with Gasteiger partial charge in [0, 0.05) is 23.7 Å². The van der Waals surface area contributed by atoms with E-state index >= 15 is 0 Å². The molecule has 1 aromatic rings. The number of aliphatic hydroxyl groups is 1. The standard InChI is InChI=1S/C25H38N2O/c1-4-27-16-17(15-26-27)13-18-14-22-20-9-8-19-7-5-6-11-24(19,2)21(20)10-12-25(22,3)23(18)28/h13,15-16,19-23,28H,4-12,14H2,1-3H3/b18-13-/t19-,20-,21+,22+,23-,24+,25+/m1/s1. The molecule has 154 valence electrons. The van der Waals surface area contributed by atoms with Gasteiger partial charge in [0.25, 0.3) is 0 Å². The quantitative estimate of drug-likeness (QED) is 0.713. The molecule has 4 fully saturated rings. The van der Waals surface area contributed by atoms with Crippen LogP contribution in [0.3, 0.4) is 0 Å². The van der Waals surface area contributed by atoms with Crippen LogP contribution in [0.25, 0.3) is 6.08 Å². The fraction of sp³-hybridized carbons (Fsp3) is 0.800. The molecule has 3 nitrogen and oxygen atoms in total. The number of aliphatic hydroxyl groups excluding tert-OH is 1. The second kappa shape index (κ2) is 6.72. The van der Waals surface area contributed by atoms with Gasteiger partial charge in [-0.1, -0.05) is 32.8 Å². The molecule has 0 unspecified atom stereocenters. The third kappa shape index (κ3) is 2.68. The van der Waals surface area contributed by atoms with Gasteiger partial charge in [-0.15, -0.1) is 0 Å². The highest BCUT2D eigenvalue weighted by atomic mass is 16.3. The van der Waals surface area contributed by atoms with Crippen LogP contribution in [0.5, 0.6) is 0 Å². The van der Waals surface area contributed by atoms with E-state index < -0.39 is 0 Å². The van der Waals surface area contributed by atoms with Crippen molar-refractivity contribution in [2.45, 2.75) is 91.2 Å². The fourth-order valence-electron chi connectivity index (χ4n) is 8.14. The Balaban J connectivity index is 1.44. The van der Waals surface area contributed by atoms with E-state index in [9.17, 15) is 5.11 Å². The number of aryl methyl sites for hydroxylation is 1. The summed E-state index contributed by atoms with van der Waals surface area (Å²) < 4.78 is 1.98. The molecule has 3 heteroatoms. The summed E-state index contributed by atoms with van der Waals surface area (Å²) in [6, 6.07) is 0.